The number of hydrogen-bond donors (Lipinski definition) is 0. The molecule has 21 heavy (non-hydrogen) atoms. The van der Waals surface area contributed by atoms with Crippen LogP contribution in [0.5, 0.6) is 0 Å². The monoisotopic (exact) mass is 299 g/mol. The van der Waals surface area contributed by atoms with Crippen molar-refractivity contribution < 1.29 is 4.74 Å². The molecule has 2 nitrogen and oxygen atoms in total. The van der Waals surface area contributed by atoms with Crippen LogP contribution in [-0.4, -0.2) is 39.3 Å². The van der Waals surface area contributed by atoms with Crippen LogP contribution in [0.2, 0.25) is 19.6 Å². The van der Waals surface area contributed by atoms with E-state index < -0.39 is 8.07 Å². The van der Waals surface area contributed by atoms with Gasteiger partial charge in [0.1, 0.15) is 8.07 Å². The van der Waals surface area contributed by atoms with Gasteiger partial charge < -0.3 is 4.74 Å². The summed E-state index contributed by atoms with van der Waals surface area (Å²) < 4.78 is 5.54. The van der Waals surface area contributed by atoms with Crippen molar-refractivity contribution >= 4 is 8.07 Å². The highest BCUT2D eigenvalue weighted by Crippen LogP contribution is 2.29. The first-order chi connectivity index (χ1) is 9.99. The van der Waals surface area contributed by atoms with Crippen LogP contribution in [0.3, 0.4) is 0 Å². The van der Waals surface area contributed by atoms with Gasteiger partial charge in [0, 0.05) is 37.0 Å². The van der Waals surface area contributed by atoms with Gasteiger partial charge in [0.05, 0.1) is 13.2 Å². The van der Waals surface area contributed by atoms with Crippen molar-refractivity contribution in [1.82, 2.24) is 4.90 Å². The van der Waals surface area contributed by atoms with Gasteiger partial charge in [-0.2, -0.15) is 0 Å². The lowest BCUT2D eigenvalue weighted by molar-refractivity contribution is 0.153. The number of benzene rings is 1. The summed E-state index contributed by atoms with van der Waals surface area (Å²) in [4.78, 5) is 2.57. The van der Waals surface area contributed by atoms with Crippen molar-refractivity contribution in [3.05, 3.63) is 35.4 Å². The second-order valence-corrected chi connectivity index (χ2v) is 12.2. The number of ether oxygens (including phenoxy) is 1. The van der Waals surface area contributed by atoms with Crippen molar-refractivity contribution in [2.75, 3.05) is 26.3 Å². The zero-order valence-electron chi connectivity index (χ0n) is 13.4. The van der Waals surface area contributed by atoms with Crippen molar-refractivity contribution in [1.29, 1.82) is 0 Å². The van der Waals surface area contributed by atoms with E-state index >= 15 is 0 Å². The summed E-state index contributed by atoms with van der Waals surface area (Å²) in [6, 6.07) is 8.81. The predicted molar refractivity (Wildman–Crippen MR) is 89.7 cm³/mol. The van der Waals surface area contributed by atoms with E-state index in [0.717, 1.165) is 37.2 Å². The molecule has 3 heteroatoms. The van der Waals surface area contributed by atoms with E-state index in [1.165, 1.54) is 18.7 Å². The van der Waals surface area contributed by atoms with Crippen molar-refractivity contribution in [2.24, 2.45) is 11.8 Å². The Bertz CT molecular complexity index is 537. The Balaban J connectivity index is 1.58. The first kappa shape index (κ1) is 14.8. The second kappa shape index (κ2) is 5.96. The molecule has 0 spiro atoms. The standard InChI is InChI=1S/C18H25NOSi/c1-21(2,3)9-8-15-4-6-16(7-5-15)10-19-11-17-13-20-14-18(17)12-19/h4-7,17-18H,10-14H2,1-3H3. The Morgan fingerprint density at radius 2 is 1.71 bits per heavy atom. The molecule has 0 saturated carbocycles. The van der Waals surface area contributed by atoms with Crippen molar-refractivity contribution in [2.45, 2.75) is 26.2 Å². The normalized spacial score (nSPS) is 25.5. The molecule has 2 aliphatic rings. The largest absolute Gasteiger partial charge is 0.381 e. The van der Waals surface area contributed by atoms with E-state index in [-0.39, 0.29) is 0 Å². The average Bonchev–Trinajstić information content (AvgIpc) is 2.98. The SMILES string of the molecule is C[Si](C)(C)C#Cc1ccc(CN2CC3COCC3C2)cc1. The predicted octanol–water partition coefficient (Wildman–Crippen LogP) is 2.99. The third kappa shape index (κ3) is 3.97. The molecule has 0 radical (unpaired) electrons. The molecule has 1 aromatic rings. The van der Waals surface area contributed by atoms with Crippen LogP contribution in [0.1, 0.15) is 11.1 Å². The van der Waals surface area contributed by atoms with E-state index in [9.17, 15) is 0 Å². The van der Waals surface area contributed by atoms with Crippen LogP contribution >= 0.6 is 0 Å². The molecular formula is C18H25NOSi. The molecule has 0 aromatic heterocycles. The highest BCUT2D eigenvalue weighted by atomic mass is 28.3. The van der Waals surface area contributed by atoms with Gasteiger partial charge in [-0.05, 0) is 17.7 Å². The van der Waals surface area contributed by atoms with Gasteiger partial charge in [-0.1, -0.05) is 37.7 Å². The van der Waals surface area contributed by atoms with Crippen LogP contribution < -0.4 is 0 Å². The topological polar surface area (TPSA) is 12.5 Å². The van der Waals surface area contributed by atoms with Gasteiger partial charge in [0.2, 0.25) is 0 Å². The Hall–Kier alpha value is -1.08. The lowest BCUT2D eigenvalue weighted by Crippen LogP contribution is -2.22. The molecule has 2 atom stereocenters. The number of rotatable bonds is 2. The number of nitrogens with zero attached hydrogens (tertiary/aromatic N) is 1. The molecule has 2 unspecified atom stereocenters. The fourth-order valence-corrected chi connectivity index (χ4v) is 3.64. The minimum absolute atomic E-state index is 0.770. The molecule has 0 bridgehead atoms. The highest BCUT2D eigenvalue weighted by Gasteiger charge is 2.36. The zero-order chi connectivity index (χ0) is 14.9. The first-order valence-corrected chi connectivity index (χ1v) is 11.4. The fourth-order valence-electron chi connectivity index (χ4n) is 3.12. The van der Waals surface area contributed by atoms with E-state index in [2.05, 4.69) is 60.3 Å². The van der Waals surface area contributed by atoms with Crippen molar-refractivity contribution in [3.8, 4) is 11.5 Å². The summed E-state index contributed by atoms with van der Waals surface area (Å²) in [5, 5.41) is 0. The lowest BCUT2D eigenvalue weighted by Gasteiger charge is -2.16. The van der Waals surface area contributed by atoms with Crippen LogP contribution in [0.15, 0.2) is 24.3 Å². The molecule has 0 aliphatic carbocycles. The second-order valence-electron chi connectivity index (χ2n) is 7.45. The van der Waals surface area contributed by atoms with E-state index in [1.54, 1.807) is 0 Å². The molecule has 3 rings (SSSR count). The summed E-state index contributed by atoms with van der Waals surface area (Å²) in [5.41, 5.74) is 5.97. The molecule has 0 N–H and O–H groups in total. The first-order valence-electron chi connectivity index (χ1n) is 7.92. The van der Waals surface area contributed by atoms with E-state index in [0.29, 0.717) is 0 Å². The molecule has 2 saturated heterocycles. The summed E-state index contributed by atoms with van der Waals surface area (Å²) in [6.07, 6.45) is 0. The van der Waals surface area contributed by atoms with Crippen LogP contribution in [-0.2, 0) is 11.3 Å². The Morgan fingerprint density at radius 1 is 1.10 bits per heavy atom. The zero-order valence-corrected chi connectivity index (χ0v) is 14.4. The number of likely N-dealkylation sites (tertiary alicyclic amines) is 1. The van der Waals surface area contributed by atoms with Gasteiger partial charge in [0.15, 0.2) is 0 Å². The molecule has 2 heterocycles. The fraction of sp³-hybridized carbons (Fsp3) is 0.556. The molecule has 1 aromatic carbocycles. The molecule has 2 aliphatic heterocycles. The Labute approximate surface area is 129 Å². The molecule has 0 amide bonds. The van der Waals surface area contributed by atoms with E-state index in [1.807, 2.05) is 0 Å². The maximum atomic E-state index is 5.54. The number of fused-ring (bicyclic) bond motifs is 1. The maximum Gasteiger partial charge on any atom is 0.129 e. The Kier molecular flexibility index (Phi) is 4.21. The quantitative estimate of drug-likeness (QED) is 0.615. The summed E-state index contributed by atoms with van der Waals surface area (Å²) in [6.45, 7) is 12.2. The molecular weight excluding hydrogens is 274 g/mol. The smallest absolute Gasteiger partial charge is 0.129 e. The third-order valence-corrected chi connectivity index (χ3v) is 5.13. The lowest BCUT2D eigenvalue weighted by atomic mass is 10.0. The van der Waals surface area contributed by atoms with Crippen LogP contribution in [0.4, 0.5) is 0 Å². The van der Waals surface area contributed by atoms with Crippen LogP contribution in [0.25, 0.3) is 0 Å². The maximum absolute atomic E-state index is 5.54. The molecule has 112 valence electrons. The summed E-state index contributed by atoms with van der Waals surface area (Å²) in [7, 11) is -1.28. The van der Waals surface area contributed by atoms with E-state index in [4.69, 9.17) is 4.74 Å². The van der Waals surface area contributed by atoms with Gasteiger partial charge in [-0.15, -0.1) is 5.54 Å². The highest BCUT2D eigenvalue weighted by molar-refractivity contribution is 6.83. The minimum atomic E-state index is -1.28. The molecule has 2 fully saturated rings. The van der Waals surface area contributed by atoms with Gasteiger partial charge in [0.25, 0.3) is 0 Å². The Morgan fingerprint density at radius 3 is 2.29 bits per heavy atom. The van der Waals surface area contributed by atoms with Gasteiger partial charge in [-0.3, -0.25) is 4.90 Å². The van der Waals surface area contributed by atoms with Crippen LogP contribution in [0, 0.1) is 23.3 Å². The summed E-state index contributed by atoms with van der Waals surface area (Å²) in [5.74, 6) is 4.86. The number of hydrogen-bond acceptors (Lipinski definition) is 2. The van der Waals surface area contributed by atoms with Gasteiger partial charge >= 0.3 is 0 Å². The third-order valence-electron chi connectivity index (χ3n) is 4.26. The average molecular weight is 299 g/mol. The minimum Gasteiger partial charge on any atom is -0.381 e. The van der Waals surface area contributed by atoms with Crippen molar-refractivity contribution in [3.63, 3.8) is 0 Å². The van der Waals surface area contributed by atoms with Gasteiger partial charge in [-0.25, -0.2) is 0 Å². The summed E-state index contributed by atoms with van der Waals surface area (Å²) >= 11 is 0.